The van der Waals surface area contributed by atoms with E-state index in [2.05, 4.69) is 32.6 Å². The van der Waals surface area contributed by atoms with Gasteiger partial charge in [0.1, 0.15) is 17.6 Å². The largest absolute Gasteiger partial charge is 0.346 e. The van der Waals surface area contributed by atoms with Crippen LogP contribution in [0.2, 0.25) is 0 Å². The van der Waals surface area contributed by atoms with Crippen molar-refractivity contribution in [1.29, 1.82) is 0 Å². The van der Waals surface area contributed by atoms with Crippen LogP contribution in [0.5, 0.6) is 0 Å². The van der Waals surface area contributed by atoms with E-state index >= 15 is 0 Å². The topological polar surface area (TPSA) is 88.8 Å². The minimum Gasteiger partial charge on any atom is -0.346 e. The molecule has 1 N–H and O–H groups in total. The van der Waals surface area contributed by atoms with Crippen LogP contribution < -0.4 is 10.2 Å². The first kappa shape index (κ1) is 23.4. The highest BCUT2D eigenvalue weighted by atomic mass is 16.2. The standard InChI is InChI=1S/C23H29N7O.CH4/c1-14(2)21-23(31)28-20-16(4)26-19(27-22(20)29(21)5)9-8-18-11-25-30(13-18)12-17-7-6-15(3)24-10-17;/h6-7,10-11,13-14,21H,8-9,12H2,1-5H3,(H,28,31);1H4/t21-;/m0./s1. The second kappa shape index (κ2) is 9.46. The molecule has 0 aromatic carbocycles. The van der Waals surface area contributed by atoms with Crippen LogP contribution in [-0.4, -0.2) is 43.7 Å². The summed E-state index contributed by atoms with van der Waals surface area (Å²) in [5.41, 5.74) is 4.78. The van der Waals surface area contributed by atoms with Crippen LogP contribution in [0.15, 0.2) is 30.7 Å². The highest BCUT2D eigenvalue weighted by molar-refractivity contribution is 6.03. The van der Waals surface area contributed by atoms with Crippen molar-refractivity contribution in [3.63, 3.8) is 0 Å². The zero-order chi connectivity index (χ0) is 22.1. The third kappa shape index (κ3) is 4.79. The average molecular weight is 436 g/mol. The number of pyridine rings is 1. The third-order valence-electron chi connectivity index (χ3n) is 5.66. The number of nitrogens with zero attached hydrogens (tertiary/aromatic N) is 6. The van der Waals surface area contributed by atoms with Gasteiger partial charge in [-0.25, -0.2) is 9.97 Å². The second-order valence-electron chi connectivity index (χ2n) is 8.57. The highest BCUT2D eigenvalue weighted by Gasteiger charge is 2.35. The van der Waals surface area contributed by atoms with Crippen LogP contribution in [0.25, 0.3) is 0 Å². The number of carbonyl (C=O) groups is 1. The molecule has 0 radical (unpaired) electrons. The van der Waals surface area contributed by atoms with E-state index in [0.717, 1.165) is 40.6 Å². The fourth-order valence-corrected chi connectivity index (χ4v) is 4.04. The summed E-state index contributed by atoms with van der Waals surface area (Å²) in [7, 11) is 1.93. The van der Waals surface area contributed by atoms with E-state index in [4.69, 9.17) is 4.98 Å². The fraction of sp³-hybridized carbons (Fsp3) is 0.458. The summed E-state index contributed by atoms with van der Waals surface area (Å²) < 4.78 is 1.93. The van der Waals surface area contributed by atoms with Gasteiger partial charge in [-0.05, 0) is 43.4 Å². The molecule has 0 aliphatic carbocycles. The number of anilines is 2. The molecule has 0 saturated heterocycles. The van der Waals surface area contributed by atoms with E-state index < -0.39 is 0 Å². The summed E-state index contributed by atoms with van der Waals surface area (Å²) >= 11 is 0. The Hall–Kier alpha value is -3.29. The Balaban J connectivity index is 0.00000289. The van der Waals surface area contributed by atoms with Gasteiger partial charge in [-0.2, -0.15) is 5.10 Å². The summed E-state index contributed by atoms with van der Waals surface area (Å²) in [6.45, 7) is 8.69. The molecule has 0 bridgehead atoms. The van der Waals surface area contributed by atoms with Crippen LogP contribution in [0, 0.1) is 19.8 Å². The number of hydrogen-bond acceptors (Lipinski definition) is 6. The number of rotatable bonds is 6. The Labute approximate surface area is 190 Å². The zero-order valence-corrected chi connectivity index (χ0v) is 18.8. The number of aryl methyl sites for hydroxylation is 4. The van der Waals surface area contributed by atoms with Crippen molar-refractivity contribution in [3.05, 3.63) is 59.1 Å². The van der Waals surface area contributed by atoms with Crippen LogP contribution >= 0.6 is 0 Å². The third-order valence-corrected chi connectivity index (χ3v) is 5.66. The number of nitrogens with one attached hydrogen (secondary N) is 1. The maximum Gasteiger partial charge on any atom is 0.247 e. The van der Waals surface area contributed by atoms with Gasteiger partial charge in [-0.3, -0.25) is 14.5 Å². The summed E-state index contributed by atoms with van der Waals surface area (Å²) in [5.74, 6) is 1.76. The molecule has 4 rings (SSSR count). The van der Waals surface area contributed by atoms with Crippen molar-refractivity contribution in [3.8, 4) is 0 Å². The van der Waals surface area contributed by atoms with Gasteiger partial charge in [-0.15, -0.1) is 0 Å². The Morgan fingerprint density at radius 3 is 2.56 bits per heavy atom. The Kier molecular flexibility index (Phi) is 6.91. The summed E-state index contributed by atoms with van der Waals surface area (Å²) in [4.78, 5) is 28.2. The predicted octanol–water partition coefficient (Wildman–Crippen LogP) is 3.57. The van der Waals surface area contributed by atoms with Crippen molar-refractivity contribution in [2.45, 2.75) is 60.5 Å². The molecule has 1 aliphatic rings. The lowest BCUT2D eigenvalue weighted by Crippen LogP contribution is -2.49. The van der Waals surface area contributed by atoms with E-state index in [1.54, 1.807) is 0 Å². The van der Waals surface area contributed by atoms with E-state index in [9.17, 15) is 4.79 Å². The molecule has 1 atom stereocenters. The Morgan fingerprint density at radius 2 is 1.88 bits per heavy atom. The van der Waals surface area contributed by atoms with Gasteiger partial charge < -0.3 is 10.2 Å². The predicted molar refractivity (Wildman–Crippen MR) is 127 cm³/mol. The molecule has 4 heterocycles. The molecular formula is C24H33N7O. The molecule has 3 aromatic rings. The monoisotopic (exact) mass is 435 g/mol. The minimum atomic E-state index is -0.232. The lowest BCUT2D eigenvalue weighted by molar-refractivity contribution is -0.118. The van der Waals surface area contributed by atoms with Gasteiger partial charge in [0, 0.05) is 31.6 Å². The number of aromatic nitrogens is 5. The first-order chi connectivity index (χ1) is 14.8. The van der Waals surface area contributed by atoms with Crippen molar-refractivity contribution in [2.24, 2.45) is 5.92 Å². The number of likely N-dealkylation sites (N-methyl/N-ethyl adjacent to an activating group) is 1. The fourth-order valence-electron chi connectivity index (χ4n) is 4.04. The molecule has 0 unspecified atom stereocenters. The van der Waals surface area contributed by atoms with Crippen LogP contribution in [0.3, 0.4) is 0 Å². The van der Waals surface area contributed by atoms with Gasteiger partial charge in [0.15, 0.2) is 5.82 Å². The van der Waals surface area contributed by atoms with Crippen LogP contribution in [0.1, 0.15) is 49.6 Å². The average Bonchev–Trinajstić information content (AvgIpc) is 3.16. The van der Waals surface area contributed by atoms with Gasteiger partial charge >= 0.3 is 0 Å². The Morgan fingerprint density at radius 1 is 1.09 bits per heavy atom. The molecule has 8 nitrogen and oxygen atoms in total. The molecular weight excluding hydrogens is 402 g/mol. The molecule has 0 saturated carbocycles. The van der Waals surface area contributed by atoms with Gasteiger partial charge in [-0.1, -0.05) is 27.3 Å². The number of hydrogen-bond donors (Lipinski definition) is 1. The van der Waals surface area contributed by atoms with Crippen molar-refractivity contribution < 1.29 is 4.79 Å². The van der Waals surface area contributed by atoms with E-state index in [1.165, 1.54) is 0 Å². The maximum atomic E-state index is 12.5. The van der Waals surface area contributed by atoms with Gasteiger partial charge in [0.2, 0.25) is 5.91 Å². The Bertz CT molecular complexity index is 1090. The van der Waals surface area contributed by atoms with E-state index in [1.807, 2.05) is 62.8 Å². The zero-order valence-electron chi connectivity index (χ0n) is 18.8. The molecule has 0 fully saturated rings. The van der Waals surface area contributed by atoms with Crippen molar-refractivity contribution >= 4 is 17.4 Å². The number of fused-ring (bicyclic) bond motifs is 1. The van der Waals surface area contributed by atoms with Crippen LogP contribution in [-0.2, 0) is 24.2 Å². The number of amides is 1. The van der Waals surface area contributed by atoms with Crippen LogP contribution in [0.4, 0.5) is 11.5 Å². The normalized spacial score (nSPS) is 15.4. The molecule has 32 heavy (non-hydrogen) atoms. The molecule has 0 spiro atoms. The quantitative estimate of drug-likeness (QED) is 0.637. The van der Waals surface area contributed by atoms with Crippen molar-refractivity contribution in [1.82, 2.24) is 24.7 Å². The molecule has 3 aromatic heterocycles. The summed E-state index contributed by atoms with van der Waals surface area (Å²) in [5, 5.41) is 7.47. The second-order valence-corrected chi connectivity index (χ2v) is 8.57. The van der Waals surface area contributed by atoms with E-state index in [0.29, 0.717) is 18.7 Å². The summed E-state index contributed by atoms with van der Waals surface area (Å²) in [6, 6.07) is 3.86. The highest BCUT2D eigenvalue weighted by Crippen LogP contribution is 2.33. The lowest BCUT2D eigenvalue weighted by Gasteiger charge is -2.36. The van der Waals surface area contributed by atoms with E-state index in [-0.39, 0.29) is 25.3 Å². The first-order valence-corrected chi connectivity index (χ1v) is 10.7. The van der Waals surface area contributed by atoms with Gasteiger partial charge in [0.05, 0.1) is 18.4 Å². The SMILES string of the molecule is C.Cc1ccc(Cn2cc(CCc3nc(C)c4c(n3)N(C)[C@@H](C(C)C)C(=O)N4)cn2)cn1. The minimum absolute atomic E-state index is 0. The lowest BCUT2D eigenvalue weighted by atomic mass is 9.99. The molecule has 8 heteroatoms. The smallest absolute Gasteiger partial charge is 0.247 e. The first-order valence-electron chi connectivity index (χ1n) is 10.7. The molecule has 1 amide bonds. The van der Waals surface area contributed by atoms with Gasteiger partial charge in [0.25, 0.3) is 0 Å². The maximum absolute atomic E-state index is 12.5. The molecule has 170 valence electrons. The molecule has 1 aliphatic heterocycles. The van der Waals surface area contributed by atoms with Crippen molar-refractivity contribution in [2.75, 3.05) is 17.3 Å². The summed E-state index contributed by atoms with van der Waals surface area (Å²) in [6.07, 6.45) is 7.36. The number of carbonyl (C=O) groups excluding carboxylic acids is 1.